The van der Waals surface area contributed by atoms with E-state index in [0.29, 0.717) is 28.9 Å². The van der Waals surface area contributed by atoms with Crippen molar-refractivity contribution >= 4 is 28.8 Å². The van der Waals surface area contributed by atoms with E-state index < -0.39 is 35.1 Å². The van der Waals surface area contributed by atoms with Crippen LogP contribution in [0.4, 0.5) is 43.7 Å². The lowest BCUT2D eigenvalue weighted by Crippen LogP contribution is -2.26. The smallest absolute Gasteiger partial charge is 0.400 e. The number of carbonyl (C=O) groups is 1. The van der Waals surface area contributed by atoms with Gasteiger partial charge in [0.15, 0.2) is 0 Å². The fourth-order valence-corrected chi connectivity index (χ4v) is 4.89. The second-order valence-corrected chi connectivity index (χ2v) is 10.4. The number of allylic oxidation sites excluding steroid dienone is 2. The first kappa shape index (κ1) is 34.7. The van der Waals surface area contributed by atoms with Crippen molar-refractivity contribution in [2.45, 2.75) is 44.6 Å². The van der Waals surface area contributed by atoms with Crippen LogP contribution in [-0.2, 0) is 18.9 Å². The number of nitrogens with one attached hydrogen (secondary N) is 3. The van der Waals surface area contributed by atoms with Gasteiger partial charge in [-0.25, -0.2) is 0 Å². The molecule has 0 spiro atoms. The molecular weight excluding hydrogens is 628 g/mol. The molecule has 4 aromatic rings. The summed E-state index contributed by atoms with van der Waals surface area (Å²) in [7, 11) is 1.00. The van der Waals surface area contributed by atoms with Crippen LogP contribution < -0.4 is 15.5 Å². The summed E-state index contributed by atoms with van der Waals surface area (Å²) in [6.07, 6.45) is -3.66. The number of hydrogen-bond donors (Lipinski definition) is 4. The molecule has 0 unspecified atom stereocenters. The number of aromatic nitrogens is 4. The van der Waals surface area contributed by atoms with Crippen LogP contribution in [0.15, 0.2) is 85.2 Å². The molecule has 0 radical (unpaired) electrons. The molecule has 0 atom stereocenters. The highest BCUT2D eigenvalue weighted by molar-refractivity contribution is 6.03. The van der Waals surface area contributed by atoms with Gasteiger partial charge in [-0.05, 0) is 90.1 Å². The molecular formula is C32H31F6N7O2. The summed E-state index contributed by atoms with van der Waals surface area (Å²) in [5.41, 5.74) is 0.488. The molecule has 1 heterocycles. The number of rotatable bonds is 9. The average molecular weight is 660 g/mol. The molecule has 1 amide bonds. The molecule has 0 fully saturated rings. The van der Waals surface area contributed by atoms with Gasteiger partial charge < -0.3 is 15.3 Å². The number of benzene rings is 3. The van der Waals surface area contributed by atoms with E-state index in [1.807, 2.05) is 24.3 Å². The van der Waals surface area contributed by atoms with E-state index >= 15 is 0 Å². The normalized spacial score (nSPS) is 13.1. The van der Waals surface area contributed by atoms with Gasteiger partial charge in [0.2, 0.25) is 0 Å². The molecule has 0 saturated carbocycles. The van der Waals surface area contributed by atoms with Crippen molar-refractivity contribution < 1.29 is 36.2 Å². The summed E-state index contributed by atoms with van der Waals surface area (Å²) in [5, 5.41) is 25.1. The van der Waals surface area contributed by atoms with Gasteiger partial charge in [0.05, 0.1) is 11.1 Å². The quantitative estimate of drug-likeness (QED) is 0.136. The summed E-state index contributed by atoms with van der Waals surface area (Å²) in [4.78, 5) is 14.1. The SMILES string of the molecule is C=C(Nc1cc(C(F)(F)F)cc(C(F)(F)F)c1)N(Cc1ccc(C(=O)Nc2nn[nH]n2)cc1)c1ccc(C2=CCCCC2)cc1.CO. The number of aliphatic hydroxyl groups is 1. The highest BCUT2D eigenvalue weighted by atomic mass is 19.4. The van der Waals surface area contributed by atoms with Gasteiger partial charge in [-0.1, -0.05) is 42.0 Å². The van der Waals surface area contributed by atoms with Gasteiger partial charge in [0.25, 0.3) is 11.9 Å². The van der Waals surface area contributed by atoms with Crippen LogP contribution in [0.5, 0.6) is 0 Å². The van der Waals surface area contributed by atoms with Crippen LogP contribution in [0.2, 0.25) is 0 Å². The van der Waals surface area contributed by atoms with Crippen molar-refractivity contribution in [2.75, 3.05) is 22.6 Å². The second-order valence-electron chi connectivity index (χ2n) is 10.4. The highest BCUT2D eigenvalue weighted by Gasteiger charge is 2.37. The Kier molecular flexibility index (Phi) is 11.0. The molecule has 0 bridgehead atoms. The number of carbonyl (C=O) groups excluding carboxylic acids is 1. The van der Waals surface area contributed by atoms with Crippen molar-refractivity contribution in [1.82, 2.24) is 20.6 Å². The molecule has 15 heteroatoms. The number of alkyl halides is 6. The Bertz CT molecular complexity index is 1650. The van der Waals surface area contributed by atoms with E-state index in [2.05, 4.69) is 43.9 Å². The van der Waals surface area contributed by atoms with Crippen molar-refractivity contribution in [3.63, 3.8) is 0 Å². The third kappa shape index (κ3) is 9.19. The molecule has 1 aliphatic carbocycles. The number of aromatic amines is 1. The minimum atomic E-state index is -5.00. The zero-order valence-corrected chi connectivity index (χ0v) is 25.1. The molecule has 47 heavy (non-hydrogen) atoms. The molecule has 4 N–H and O–H groups in total. The molecule has 5 rings (SSSR count). The van der Waals surface area contributed by atoms with Gasteiger partial charge >= 0.3 is 12.4 Å². The van der Waals surface area contributed by atoms with E-state index in [4.69, 9.17) is 5.11 Å². The summed E-state index contributed by atoms with van der Waals surface area (Å²) in [6, 6.07) is 15.2. The van der Waals surface area contributed by atoms with Crippen molar-refractivity contribution in [3.8, 4) is 0 Å². The monoisotopic (exact) mass is 659 g/mol. The Balaban J connectivity index is 0.00000245. The van der Waals surface area contributed by atoms with Crippen molar-refractivity contribution in [2.24, 2.45) is 0 Å². The standard InChI is InChI=1S/C31H27F6N7O.CH4O/c1-19(38-26-16-24(30(32,33)34)15-25(17-26)31(35,36)37)44(27-13-11-22(12-14-27)21-5-3-2-4-6-21)18-20-7-9-23(10-8-20)28(45)39-29-40-42-43-41-29;1-2/h5,7-17,38H,1-4,6,18H2,(H2,39,40,41,42,43,45);2H,1H3. The predicted octanol–water partition coefficient (Wildman–Crippen LogP) is 7.65. The first-order valence-electron chi connectivity index (χ1n) is 14.3. The van der Waals surface area contributed by atoms with Gasteiger partial charge in [-0.2, -0.15) is 31.6 Å². The van der Waals surface area contributed by atoms with Crippen LogP contribution in [0.1, 0.15) is 58.3 Å². The first-order chi connectivity index (χ1) is 22.4. The van der Waals surface area contributed by atoms with E-state index in [1.54, 1.807) is 29.2 Å². The largest absolute Gasteiger partial charge is 0.416 e. The first-order valence-corrected chi connectivity index (χ1v) is 14.3. The highest BCUT2D eigenvalue weighted by Crippen LogP contribution is 2.38. The predicted molar refractivity (Wildman–Crippen MR) is 165 cm³/mol. The number of anilines is 3. The Labute approximate surface area is 266 Å². The minimum absolute atomic E-state index is 0.00617. The minimum Gasteiger partial charge on any atom is -0.400 e. The Morgan fingerprint density at radius 3 is 2.09 bits per heavy atom. The molecule has 248 valence electrons. The van der Waals surface area contributed by atoms with E-state index in [1.165, 1.54) is 5.57 Å². The summed E-state index contributed by atoms with van der Waals surface area (Å²) >= 11 is 0. The lowest BCUT2D eigenvalue weighted by molar-refractivity contribution is -0.143. The molecule has 3 aromatic carbocycles. The van der Waals surface area contributed by atoms with Gasteiger partial charge in [0, 0.05) is 30.6 Å². The Hall–Kier alpha value is -5.18. The lowest BCUT2D eigenvalue weighted by atomic mass is 9.93. The Morgan fingerprint density at radius 2 is 1.55 bits per heavy atom. The zero-order chi connectivity index (χ0) is 34.2. The van der Waals surface area contributed by atoms with E-state index in [9.17, 15) is 31.1 Å². The molecule has 1 aliphatic rings. The van der Waals surface area contributed by atoms with Crippen LogP contribution in [0.3, 0.4) is 0 Å². The number of halogens is 6. The lowest BCUT2D eigenvalue weighted by Gasteiger charge is -2.29. The molecule has 0 saturated heterocycles. The number of hydrogen-bond acceptors (Lipinski definition) is 7. The molecule has 0 aliphatic heterocycles. The number of H-pyrrole nitrogens is 1. The summed E-state index contributed by atoms with van der Waals surface area (Å²) in [6.45, 7) is 4.08. The fourth-order valence-electron chi connectivity index (χ4n) is 4.89. The third-order valence-corrected chi connectivity index (χ3v) is 7.17. The maximum absolute atomic E-state index is 13.5. The fraction of sp³-hybridized carbons (Fsp3) is 0.250. The van der Waals surface area contributed by atoms with Crippen molar-refractivity contribution in [1.29, 1.82) is 0 Å². The van der Waals surface area contributed by atoms with Crippen LogP contribution in [0.25, 0.3) is 5.57 Å². The number of aliphatic hydroxyl groups excluding tert-OH is 1. The third-order valence-electron chi connectivity index (χ3n) is 7.17. The maximum Gasteiger partial charge on any atom is 0.416 e. The van der Waals surface area contributed by atoms with E-state index in [0.717, 1.165) is 38.4 Å². The number of amides is 1. The summed E-state index contributed by atoms with van der Waals surface area (Å²) < 4.78 is 81.0. The Morgan fingerprint density at radius 1 is 0.915 bits per heavy atom. The van der Waals surface area contributed by atoms with Crippen molar-refractivity contribution in [3.05, 3.63) is 113 Å². The molecule has 9 nitrogen and oxygen atoms in total. The van der Waals surface area contributed by atoms with Crippen LogP contribution in [0, 0.1) is 0 Å². The second kappa shape index (κ2) is 14.9. The summed E-state index contributed by atoms with van der Waals surface area (Å²) in [5.74, 6) is -0.456. The maximum atomic E-state index is 13.5. The van der Waals surface area contributed by atoms with Crippen LogP contribution >= 0.6 is 0 Å². The topological polar surface area (TPSA) is 119 Å². The number of nitrogens with zero attached hydrogens (tertiary/aromatic N) is 4. The van der Waals surface area contributed by atoms with Gasteiger partial charge in [-0.3, -0.25) is 10.1 Å². The van der Waals surface area contributed by atoms with Gasteiger partial charge in [-0.15, -0.1) is 5.10 Å². The van der Waals surface area contributed by atoms with Crippen LogP contribution in [-0.4, -0.2) is 38.7 Å². The average Bonchev–Trinajstić information content (AvgIpc) is 3.57. The molecule has 1 aromatic heterocycles. The van der Waals surface area contributed by atoms with E-state index in [-0.39, 0.29) is 24.4 Å². The number of tetrazole rings is 1. The zero-order valence-electron chi connectivity index (χ0n) is 25.1. The van der Waals surface area contributed by atoms with Gasteiger partial charge in [0.1, 0.15) is 5.82 Å².